The van der Waals surface area contributed by atoms with Gasteiger partial charge >= 0.3 is 0 Å². The zero-order chi connectivity index (χ0) is 26.9. The first-order valence-electron chi connectivity index (χ1n) is 13.9. The van der Waals surface area contributed by atoms with Crippen LogP contribution in [-0.4, -0.2) is 14.4 Å². The minimum Gasteiger partial charge on any atom is -0.291 e. The fraction of sp³-hybridized carbons (Fsp3) is 0. The van der Waals surface area contributed by atoms with E-state index in [0.29, 0.717) is 5.78 Å². The van der Waals surface area contributed by atoms with Gasteiger partial charge < -0.3 is 0 Å². The highest BCUT2D eigenvalue weighted by Crippen LogP contribution is 2.43. The lowest BCUT2D eigenvalue weighted by Gasteiger charge is -2.16. The molecule has 7 aromatic carbocycles. The summed E-state index contributed by atoms with van der Waals surface area (Å²) in [5.74, 6) is 0.707. The average Bonchev–Trinajstić information content (AvgIpc) is 3.48. The van der Waals surface area contributed by atoms with E-state index in [4.69, 9.17) is 4.98 Å². The van der Waals surface area contributed by atoms with Crippen molar-refractivity contribution in [3.05, 3.63) is 140 Å². The van der Waals surface area contributed by atoms with Crippen molar-refractivity contribution in [2.24, 2.45) is 0 Å². The van der Waals surface area contributed by atoms with Crippen LogP contribution in [0.5, 0.6) is 0 Å². The quantitative estimate of drug-likeness (QED) is 0.212. The number of fused-ring (bicyclic) bond motifs is 6. The molecule has 41 heavy (non-hydrogen) atoms. The summed E-state index contributed by atoms with van der Waals surface area (Å²) in [6.07, 6.45) is 5.78. The monoisotopic (exact) mass is 521 g/mol. The van der Waals surface area contributed by atoms with Gasteiger partial charge in [-0.2, -0.15) is 0 Å². The Morgan fingerprint density at radius 1 is 0.488 bits per heavy atom. The largest absolute Gasteiger partial charge is 0.291 e. The van der Waals surface area contributed by atoms with E-state index in [1.165, 1.54) is 65.0 Å². The number of nitrogens with zero attached hydrogens (tertiary/aromatic N) is 3. The molecule has 190 valence electrons. The van der Waals surface area contributed by atoms with Gasteiger partial charge in [-0.15, -0.1) is 0 Å². The topological polar surface area (TPSA) is 30.2 Å². The van der Waals surface area contributed by atoms with Gasteiger partial charge in [-0.1, -0.05) is 109 Å². The Bertz CT molecular complexity index is 2440. The lowest BCUT2D eigenvalue weighted by Crippen LogP contribution is -1.89. The standard InChI is InChI=1S/C38H23N3/c1-3-11-29-27(9-1)28-10-2-4-12-30(28)32-14-6-15-33-34(22-26-8-5-13-31(29)36(26)37(32)33)24-16-18-25(19-17-24)35-23-41-21-7-20-39-38(41)40-35/h1-23H. The Kier molecular flexibility index (Phi) is 4.61. The van der Waals surface area contributed by atoms with Crippen LogP contribution in [0.1, 0.15) is 0 Å². The van der Waals surface area contributed by atoms with Crippen molar-refractivity contribution in [3.8, 4) is 22.4 Å². The summed E-state index contributed by atoms with van der Waals surface area (Å²) in [7, 11) is 0. The van der Waals surface area contributed by atoms with Gasteiger partial charge in [0.25, 0.3) is 0 Å². The van der Waals surface area contributed by atoms with Gasteiger partial charge in [0.2, 0.25) is 5.78 Å². The summed E-state index contributed by atoms with van der Waals surface area (Å²) in [4.78, 5) is 9.09. The first kappa shape index (κ1) is 22.3. The molecule has 0 aliphatic heterocycles. The van der Waals surface area contributed by atoms with Crippen molar-refractivity contribution in [1.82, 2.24) is 14.4 Å². The Morgan fingerprint density at radius 3 is 1.78 bits per heavy atom. The molecule has 0 unspecified atom stereocenters. The summed E-state index contributed by atoms with van der Waals surface area (Å²) >= 11 is 0. The molecule has 0 saturated carbocycles. The van der Waals surface area contributed by atoms with Gasteiger partial charge in [0.1, 0.15) is 0 Å². The second kappa shape index (κ2) is 8.48. The number of rotatable bonds is 2. The van der Waals surface area contributed by atoms with Crippen LogP contribution in [0.25, 0.3) is 82.0 Å². The van der Waals surface area contributed by atoms with Crippen molar-refractivity contribution in [3.63, 3.8) is 0 Å². The van der Waals surface area contributed by atoms with E-state index in [2.05, 4.69) is 120 Å². The maximum Gasteiger partial charge on any atom is 0.234 e. The number of hydrogen-bond acceptors (Lipinski definition) is 2. The maximum absolute atomic E-state index is 4.72. The van der Waals surface area contributed by atoms with E-state index in [9.17, 15) is 0 Å². The van der Waals surface area contributed by atoms with E-state index < -0.39 is 0 Å². The molecule has 2 aromatic heterocycles. The highest BCUT2D eigenvalue weighted by Gasteiger charge is 2.16. The normalized spacial score (nSPS) is 11.9. The third-order valence-electron chi connectivity index (χ3n) is 8.45. The summed E-state index contributed by atoms with van der Waals surface area (Å²) in [5, 5.41) is 12.8. The molecule has 0 aliphatic rings. The van der Waals surface area contributed by atoms with E-state index in [-0.39, 0.29) is 0 Å². The van der Waals surface area contributed by atoms with E-state index in [0.717, 1.165) is 11.3 Å². The van der Waals surface area contributed by atoms with Crippen LogP contribution in [0, 0.1) is 0 Å². The number of aromatic nitrogens is 3. The zero-order valence-corrected chi connectivity index (χ0v) is 22.1. The predicted octanol–water partition coefficient (Wildman–Crippen LogP) is 9.83. The molecule has 0 aliphatic carbocycles. The predicted molar refractivity (Wildman–Crippen MR) is 171 cm³/mol. The van der Waals surface area contributed by atoms with Crippen LogP contribution in [0.3, 0.4) is 0 Å². The molecule has 0 fully saturated rings. The Balaban J connectivity index is 1.37. The molecule has 9 aromatic rings. The smallest absolute Gasteiger partial charge is 0.234 e. The first-order chi connectivity index (χ1) is 20.3. The molecule has 0 N–H and O–H groups in total. The molecule has 2 heterocycles. The van der Waals surface area contributed by atoms with Crippen molar-refractivity contribution < 1.29 is 0 Å². The highest BCUT2D eigenvalue weighted by atomic mass is 15.1. The average molecular weight is 522 g/mol. The van der Waals surface area contributed by atoms with Gasteiger partial charge in [-0.05, 0) is 77.1 Å². The highest BCUT2D eigenvalue weighted by molar-refractivity contribution is 6.34. The molecule has 0 spiro atoms. The fourth-order valence-electron chi connectivity index (χ4n) is 6.63. The van der Waals surface area contributed by atoms with Crippen molar-refractivity contribution in [2.75, 3.05) is 0 Å². The summed E-state index contributed by atoms with van der Waals surface area (Å²) in [5.41, 5.74) is 4.42. The van der Waals surface area contributed by atoms with Crippen LogP contribution >= 0.6 is 0 Å². The summed E-state index contributed by atoms with van der Waals surface area (Å²) in [6, 6.07) is 44.2. The first-order valence-corrected chi connectivity index (χ1v) is 13.9. The lowest BCUT2D eigenvalue weighted by atomic mass is 9.87. The molecule has 3 nitrogen and oxygen atoms in total. The molecular weight excluding hydrogens is 498 g/mol. The Hall–Kier alpha value is -5.54. The fourth-order valence-corrected chi connectivity index (χ4v) is 6.63. The number of hydrogen-bond donors (Lipinski definition) is 0. The summed E-state index contributed by atoms with van der Waals surface area (Å²) in [6.45, 7) is 0. The second-order valence-corrected chi connectivity index (χ2v) is 10.7. The number of imidazole rings is 1. The van der Waals surface area contributed by atoms with Gasteiger partial charge in [0, 0.05) is 24.2 Å². The van der Waals surface area contributed by atoms with E-state index >= 15 is 0 Å². The SMILES string of the molecule is c1ccc2c(c1)c1ccccc1c1cccc3c(-c4ccc(-c5cn6cccnc6n5)cc4)cc4cccc2c4c31. The van der Waals surface area contributed by atoms with Gasteiger partial charge in [-0.25, -0.2) is 9.97 Å². The molecule has 0 radical (unpaired) electrons. The Labute approximate surface area is 236 Å². The molecule has 0 saturated heterocycles. The van der Waals surface area contributed by atoms with Gasteiger partial charge in [-0.3, -0.25) is 4.40 Å². The molecule has 0 atom stereocenters. The van der Waals surface area contributed by atoms with Crippen molar-refractivity contribution >= 4 is 59.6 Å². The molecular formula is C38H23N3. The van der Waals surface area contributed by atoms with Crippen LogP contribution in [0.15, 0.2) is 140 Å². The van der Waals surface area contributed by atoms with E-state index in [1.54, 1.807) is 6.20 Å². The van der Waals surface area contributed by atoms with Crippen molar-refractivity contribution in [2.45, 2.75) is 0 Å². The molecule has 9 rings (SSSR count). The third-order valence-corrected chi connectivity index (χ3v) is 8.45. The zero-order valence-electron chi connectivity index (χ0n) is 22.1. The minimum absolute atomic E-state index is 0.707. The second-order valence-electron chi connectivity index (χ2n) is 10.7. The minimum atomic E-state index is 0.707. The van der Waals surface area contributed by atoms with Crippen molar-refractivity contribution in [1.29, 1.82) is 0 Å². The lowest BCUT2D eigenvalue weighted by molar-refractivity contribution is 1.11. The molecule has 0 amide bonds. The van der Waals surface area contributed by atoms with Crippen LogP contribution in [-0.2, 0) is 0 Å². The number of benzene rings is 6. The van der Waals surface area contributed by atoms with Gasteiger partial charge in [0.05, 0.1) is 5.69 Å². The Morgan fingerprint density at radius 2 is 1.07 bits per heavy atom. The summed E-state index contributed by atoms with van der Waals surface area (Å²) < 4.78 is 1.96. The maximum atomic E-state index is 4.72. The van der Waals surface area contributed by atoms with E-state index in [1.807, 2.05) is 22.9 Å². The third kappa shape index (κ3) is 3.26. The van der Waals surface area contributed by atoms with Gasteiger partial charge in [0.15, 0.2) is 0 Å². The molecule has 3 heteroatoms. The van der Waals surface area contributed by atoms with Crippen LogP contribution in [0.2, 0.25) is 0 Å². The molecule has 0 bridgehead atoms. The van der Waals surface area contributed by atoms with Crippen LogP contribution < -0.4 is 0 Å². The van der Waals surface area contributed by atoms with Crippen LogP contribution in [0.4, 0.5) is 0 Å².